The van der Waals surface area contributed by atoms with Gasteiger partial charge in [0.05, 0.1) is 6.61 Å². The number of nitrogens with zero attached hydrogens (tertiary/aromatic N) is 1. The van der Waals surface area contributed by atoms with Crippen molar-refractivity contribution in [2.75, 3.05) is 6.61 Å². The van der Waals surface area contributed by atoms with E-state index in [4.69, 9.17) is 4.74 Å². The van der Waals surface area contributed by atoms with Crippen molar-refractivity contribution in [3.63, 3.8) is 0 Å². The van der Waals surface area contributed by atoms with Gasteiger partial charge in [-0.1, -0.05) is 30.3 Å². The monoisotopic (exact) mass is 297 g/mol. The molecule has 0 saturated carbocycles. The first-order chi connectivity index (χ1) is 10.6. The van der Waals surface area contributed by atoms with E-state index in [0.29, 0.717) is 18.7 Å². The van der Waals surface area contributed by atoms with Crippen LogP contribution in [-0.4, -0.2) is 23.5 Å². The number of hydrogen-bond acceptors (Lipinski definition) is 2. The van der Waals surface area contributed by atoms with Crippen molar-refractivity contribution in [1.29, 1.82) is 0 Å². The van der Waals surface area contributed by atoms with E-state index in [1.165, 1.54) is 0 Å². The zero-order valence-corrected chi connectivity index (χ0v) is 13.5. The maximum atomic E-state index is 12.7. The van der Waals surface area contributed by atoms with Crippen LogP contribution in [0.4, 0.5) is 0 Å². The van der Waals surface area contributed by atoms with E-state index in [9.17, 15) is 4.79 Å². The summed E-state index contributed by atoms with van der Waals surface area (Å²) in [6, 6.07) is 17.5. The number of rotatable bonds is 6. The molecule has 0 N–H and O–H groups in total. The molecule has 0 spiro atoms. The summed E-state index contributed by atoms with van der Waals surface area (Å²) in [4.78, 5) is 14.6. The summed E-state index contributed by atoms with van der Waals surface area (Å²) in [5, 5.41) is 0. The summed E-state index contributed by atoms with van der Waals surface area (Å²) in [5.74, 6) is 0.833. The van der Waals surface area contributed by atoms with Crippen LogP contribution < -0.4 is 4.74 Å². The number of ether oxygens (including phenoxy) is 1. The fraction of sp³-hybridized carbons (Fsp3) is 0.316. The molecular formula is C19H23NO2. The average molecular weight is 297 g/mol. The highest BCUT2D eigenvalue weighted by Gasteiger charge is 2.19. The highest BCUT2D eigenvalue weighted by molar-refractivity contribution is 5.94. The van der Waals surface area contributed by atoms with Crippen molar-refractivity contribution in [1.82, 2.24) is 4.90 Å². The molecule has 0 heterocycles. The largest absolute Gasteiger partial charge is 0.494 e. The van der Waals surface area contributed by atoms with Gasteiger partial charge in [0.1, 0.15) is 5.75 Å². The molecule has 0 aromatic heterocycles. The molecule has 0 atom stereocenters. The lowest BCUT2D eigenvalue weighted by Crippen LogP contribution is -2.36. The molecule has 0 bridgehead atoms. The lowest BCUT2D eigenvalue weighted by molar-refractivity contribution is 0.0690. The zero-order chi connectivity index (χ0) is 15.9. The Morgan fingerprint density at radius 2 is 1.68 bits per heavy atom. The van der Waals surface area contributed by atoms with E-state index < -0.39 is 0 Å². The van der Waals surface area contributed by atoms with Crippen LogP contribution in [0.1, 0.15) is 36.7 Å². The Bertz CT molecular complexity index is 591. The van der Waals surface area contributed by atoms with E-state index in [-0.39, 0.29) is 11.9 Å². The number of amides is 1. The van der Waals surface area contributed by atoms with Crippen LogP contribution in [0.3, 0.4) is 0 Å². The Morgan fingerprint density at radius 1 is 1.05 bits per heavy atom. The fourth-order valence-electron chi connectivity index (χ4n) is 2.30. The summed E-state index contributed by atoms with van der Waals surface area (Å²) >= 11 is 0. The van der Waals surface area contributed by atoms with Crippen LogP contribution in [-0.2, 0) is 6.54 Å². The number of benzene rings is 2. The smallest absolute Gasteiger partial charge is 0.254 e. The quantitative estimate of drug-likeness (QED) is 0.802. The molecule has 0 aliphatic carbocycles. The van der Waals surface area contributed by atoms with Crippen LogP contribution in [0.5, 0.6) is 5.75 Å². The molecule has 22 heavy (non-hydrogen) atoms. The molecule has 0 unspecified atom stereocenters. The van der Waals surface area contributed by atoms with Gasteiger partial charge >= 0.3 is 0 Å². The van der Waals surface area contributed by atoms with Gasteiger partial charge in [0.25, 0.3) is 5.91 Å². The van der Waals surface area contributed by atoms with Crippen LogP contribution in [0.25, 0.3) is 0 Å². The molecule has 0 saturated heterocycles. The highest BCUT2D eigenvalue weighted by atomic mass is 16.5. The summed E-state index contributed by atoms with van der Waals surface area (Å²) in [5.41, 5.74) is 1.82. The first-order valence-corrected chi connectivity index (χ1v) is 7.69. The van der Waals surface area contributed by atoms with Gasteiger partial charge in [0.15, 0.2) is 0 Å². The number of carbonyl (C=O) groups excluding carboxylic acids is 1. The fourth-order valence-corrected chi connectivity index (χ4v) is 2.30. The molecule has 2 rings (SSSR count). The standard InChI is InChI=1S/C19H23NO2/c1-4-22-18-12-10-17(11-13-18)19(21)20(15(2)3)14-16-8-6-5-7-9-16/h5-13,15H,4,14H2,1-3H3. The van der Waals surface area contributed by atoms with Gasteiger partial charge in [-0.3, -0.25) is 4.79 Å². The van der Waals surface area contributed by atoms with Crippen LogP contribution in [0, 0.1) is 0 Å². The number of carbonyl (C=O) groups is 1. The minimum absolute atomic E-state index is 0.0434. The predicted octanol–water partition coefficient (Wildman–Crippen LogP) is 4.14. The van der Waals surface area contributed by atoms with Crippen molar-refractivity contribution < 1.29 is 9.53 Å². The molecule has 0 fully saturated rings. The maximum Gasteiger partial charge on any atom is 0.254 e. The Labute approximate surface area is 132 Å². The summed E-state index contributed by atoms with van der Waals surface area (Å²) in [6.07, 6.45) is 0. The van der Waals surface area contributed by atoms with Gasteiger partial charge in [0.2, 0.25) is 0 Å². The van der Waals surface area contributed by atoms with Crippen LogP contribution >= 0.6 is 0 Å². The second-order valence-corrected chi connectivity index (χ2v) is 5.47. The maximum absolute atomic E-state index is 12.7. The molecule has 116 valence electrons. The Hall–Kier alpha value is -2.29. The third-order valence-electron chi connectivity index (χ3n) is 3.49. The summed E-state index contributed by atoms with van der Waals surface area (Å²) in [7, 11) is 0. The lowest BCUT2D eigenvalue weighted by Gasteiger charge is -2.27. The van der Waals surface area contributed by atoms with Crippen LogP contribution in [0.2, 0.25) is 0 Å². The van der Waals surface area contributed by atoms with Crippen LogP contribution in [0.15, 0.2) is 54.6 Å². The molecule has 0 aliphatic rings. The SMILES string of the molecule is CCOc1ccc(C(=O)N(Cc2ccccc2)C(C)C)cc1. The van der Waals surface area contributed by atoms with E-state index in [1.807, 2.05) is 80.3 Å². The minimum Gasteiger partial charge on any atom is -0.494 e. The van der Waals surface area contributed by atoms with E-state index >= 15 is 0 Å². The normalized spacial score (nSPS) is 10.5. The van der Waals surface area contributed by atoms with Gasteiger partial charge in [-0.2, -0.15) is 0 Å². The molecule has 3 nitrogen and oxygen atoms in total. The third kappa shape index (κ3) is 4.10. The summed E-state index contributed by atoms with van der Waals surface area (Å²) < 4.78 is 5.42. The molecular weight excluding hydrogens is 274 g/mol. The molecule has 3 heteroatoms. The van der Waals surface area contributed by atoms with E-state index in [0.717, 1.165) is 11.3 Å². The lowest BCUT2D eigenvalue weighted by atomic mass is 10.1. The van der Waals surface area contributed by atoms with Crippen molar-refractivity contribution in [2.45, 2.75) is 33.4 Å². The molecule has 0 radical (unpaired) electrons. The summed E-state index contributed by atoms with van der Waals surface area (Å²) in [6.45, 7) is 7.26. The first-order valence-electron chi connectivity index (χ1n) is 7.69. The number of hydrogen-bond donors (Lipinski definition) is 0. The van der Waals surface area contributed by atoms with Gasteiger partial charge < -0.3 is 9.64 Å². The second kappa shape index (κ2) is 7.64. The van der Waals surface area contributed by atoms with Gasteiger partial charge in [-0.25, -0.2) is 0 Å². The van der Waals surface area contributed by atoms with Crippen molar-refractivity contribution in [2.24, 2.45) is 0 Å². The van der Waals surface area contributed by atoms with Crippen molar-refractivity contribution >= 4 is 5.91 Å². The second-order valence-electron chi connectivity index (χ2n) is 5.47. The Kier molecular flexibility index (Phi) is 5.59. The van der Waals surface area contributed by atoms with E-state index in [1.54, 1.807) is 0 Å². The van der Waals surface area contributed by atoms with Gasteiger partial charge in [-0.15, -0.1) is 0 Å². The predicted molar refractivity (Wildman–Crippen MR) is 89.1 cm³/mol. The first kappa shape index (κ1) is 16.1. The Morgan fingerprint density at radius 3 is 2.23 bits per heavy atom. The molecule has 1 amide bonds. The molecule has 0 aliphatic heterocycles. The van der Waals surface area contributed by atoms with Crippen molar-refractivity contribution in [3.8, 4) is 5.75 Å². The molecule has 2 aromatic carbocycles. The van der Waals surface area contributed by atoms with Gasteiger partial charge in [-0.05, 0) is 50.6 Å². The molecule has 2 aromatic rings. The Balaban J connectivity index is 2.15. The topological polar surface area (TPSA) is 29.5 Å². The van der Waals surface area contributed by atoms with Gasteiger partial charge in [0, 0.05) is 18.2 Å². The minimum atomic E-state index is 0.0434. The third-order valence-corrected chi connectivity index (χ3v) is 3.49. The zero-order valence-electron chi connectivity index (χ0n) is 13.5. The van der Waals surface area contributed by atoms with E-state index in [2.05, 4.69) is 0 Å². The highest BCUT2D eigenvalue weighted by Crippen LogP contribution is 2.17. The average Bonchev–Trinajstić information content (AvgIpc) is 2.54. The van der Waals surface area contributed by atoms with Crippen molar-refractivity contribution in [3.05, 3.63) is 65.7 Å².